The Labute approximate surface area is 200 Å². The van der Waals surface area contributed by atoms with Gasteiger partial charge < -0.3 is 25.0 Å². The van der Waals surface area contributed by atoms with Crippen molar-refractivity contribution in [1.29, 1.82) is 0 Å². The molecule has 0 bridgehead atoms. The maximum absolute atomic E-state index is 14.0. The third kappa shape index (κ3) is 7.41. The number of nitrogens with zero attached hydrogens (tertiary/aromatic N) is 3. The third-order valence-electron chi connectivity index (χ3n) is 4.82. The van der Waals surface area contributed by atoms with Gasteiger partial charge in [-0.15, -0.1) is 24.0 Å². The highest BCUT2D eigenvalue weighted by atomic mass is 127. The van der Waals surface area contributed by atoms with Crippen LogP contribution in [0, 0.1) is 5.82 Å². The van der Waals surface area contributed by atoms with Crippen LogP contribution in [0.15, 0.2) is 47.6 Å². The van der Waals surface area contributed by atoms with Crippen LogP contribution in [-0.4, -0.2) is 56.4 Å². The molecule has 170 valence electrons. The van der Waals surface area contributed by atoms with E-state index in [1.54, 1.807) is 19.4 Å². The Hall–Kier alpha value is -2.30. The van der Waals surface area contributed by atoms with Gasteiger partial charge in [0.15, 0.2) is 17.6 Å². The van der Waals surface area contributed by atoms with Crippen LogP contribution in [0.5, 0.6) is 11.5 Å². The molecule has 9 heteroatoms. The lowest BCUT2D eigenvalue weighted by Crippen LogP contribution is -2.45. The van der Waals surface area contributed by atoms with E-state index in [9.17, 15) is 4.39 Å². The van der Waals surface area contributed by atoms with Crippen LogP contribution in [0.2, 0.25) is 0 Å². The molecule has 1 aromatic heterocycles. The molecule has 7 nitrogen and oxygen atoms in total. The molecule has 2 atom stereocenters. The van der Waals surface area contributed by atoms with Crippen LogP contribution in [0.4, 0.5) is 10.2 Å². The van der Waals surface area contributed by atoms with E-state index in [2.05, 4.69) is 20.6 Å². The van der Waals surface area contributed by atoms with Crippen molar-refractivity contribution in [2.75, 3.05) is 38.2 Å². The average Bonchev–Trinajstić information content (AvgIpc) is 3.21. The summed E-state index contributed by atoms with van der Waals surface area (Å²) in [6.45, 7) is 6.70. The monoisotopic (exact) mass is 543 g/mol. The van der Waals surface area contributed by atoms with E-state index in [-0.39, 0.29) is 41.9 Å². The molecule has 1 aliphatic heterocycles. The second kappa shape index (κ2) is 12.5. The number of methoxy groups -OCH3 is 1. The molecule has 0 aliphatic carbocycles. The number of aromatic nitrogens is 1. The standard InChI is InChI=1S/C22H30FN5O2.HI/c1-4-24-22(26-14-16(2)30-19-9-7-18(29-3)8-10-19)27-17-11-13-28(15-17)21-20(23)6-5-12-25-21;/h5-10,12,16-17H,4,11,13-15H2,1-3H3,(H2,24,26,27);1H. The van der Waals surface area contributed by atoms with Crippen LogP contribution in [0.25, 0.3) is 0 Å². The molecular weight excluding hydrogens is 512 g/mol. The number of halogens is 2. The summed E-state index contributed by atoms with van der Waals surface area (Å²) in [6.07, 6.45) is 2.42. The molecule has 2 unspecified atom stereocenters. The van der Waals surface area contributed by atoms with Gasteiger partial charge >= 0.3 is 0 Å². The van der Waals surface area contributed by atoms with Gasteiger partial charge in [-0.05, 0) is 56.7 Å². The summed E-state index contributed by atoms with van der Waals surface area (Å²) in [5.74, 6) is 2.42. The van der Waals surface area contributed by atoms with E-state index in [0.29, 0.717) is 18.9 Å². The van der Waals surface area contributed by atoms with Crippen molar-refractivity contribution in [3.63, 3.8) is 0 Å². The number of ether oxygens (including phenoxy) is 2. The maximum Gasteiger partial charge on any atom is 0.191 e. The van der Waals surface area contributed by atoms with Gasteiger partial charge in [-0.25, -0.2) is 14.4 Å². The van der Waals surface area contributed by atoms with Crippen molar-refractivity contribution in [3.8, 4) is 11.5 Å². The van der Waals surface area contributed by atoms with Gasteiger partial charge in [0, 0.05) is 31.9 Å². The molecule has 2 aromatic rings. The van der Waals surface area contributed by atoms with E-state index >= 15 is 0 Å². The molecule has 2 N–H and O–H groups in total. The summed E-state index contributed by atoms with van der Waals surface area (Å²) in [5, 5.41) is 6.71. The first-order valence-corrected chi connectivity index (χ1v) is 10.3. The number of nitrogens with one attached hydrogen (secondary N) is 2. The summed E-state index contributed by atoms with van der Waals surface area (Å²) in [6, 6.07) is 10.7. The first kappa shape index (κ1) is 25.0. The van der Waals surface area contributed by atoms with Crippen molar-refractivity contribution in [3.05, 3.63) is 48.4 Å². The molecule has 3 rings (SSSR count). The van der Waals surface area contributed by atoms with Crippen LogP contribution >= 0.6 is 24.0 Å². The molecule has 2 heterocycles. The zero-order chi connectivity index (χ0) is 21.3. The molecule has 0 saturated carbocycles. The number of hydrogen-bond donors (Lipinski definition) is 2. The number of benzene rings is 1. The number of anilines is 1. The van der Waals surface area contributed by atoms with E-state index in [0.717, 1.165) is 37.0 Å². The van der Waals surface area contributed by atoms with E-state index < -0.39 is 0 Å². The fourth-order valence-electron chi connectivity index (χ4n) is 3.34. The lowest BCUT2D eigenvalue weighted by molar-refractivity contribution is 0.230. The Kier molecular flexibility index (Phi) is 10.1. The Bertz CT molecular complexity index is 837. The molecule has 0 radical (unpaired) electrons. The molecule has 1 fully saturated rings. The number of aliphatic imine (C=N–C) groups is 1. The number of rotatable bonds is 8. The second-order valence-corrected chi connectivity index (χ2v) is 7.21. The number of guanidine groups is 1. The second-order valence-electron chi connectivity index (χ2n) is 7.21. The number of hydrogen-bond acceptors (Lipinski definition) is 5. The van der Waals surface area contributed by atoms with E-state index in [4.69, 9.17) is 9.47 Å². The largest absolute Gasteiger partial charge is 0.497 e. The highest BCUT2D eigenvalue weighted by molar-refractivity contribution is 14.0. The summed E-state index contributed by atoms with van der Waals surface area (Å²) < 4.78 is 25.1. The molecule has 1 saturated heterocycles. The fourth-order valence-corrected chi connectivity index (χ4v) is 3.34. The van der Waals surface area contributed by atoms with Crippen LogP contribution in [-0.2, 0) is 0 Å². The van der Waals surface area contributed by atoms with Gasteiger partial charge in [0.05, 0.1) is 13.7 Å². The predicted molar refractivity (Wildman–Crippen MR) is 132 cm³/mol. The first-order chi connectivity index (χ1) is 14.6. The van der Waals surface area contributed by atoms with Gasteiger partial charge in [-0.1, -0.05) is 0 Å². The molecule has 0 amide bonds. The molecule has 1 aliphatic rings. The fraction of sp³-hybridized carbons (Fsp3) is 0.455. The SMILES string of the molecule is CCNC(=NCC(C)Oc1ccc(OC)cc1)NC1CCN(c2ncccc2F)C1.I. The summed E-state index contributed by atoms with van der Waals surface area (Å²) >= 11 is 0. The van der Waals surface area contributed by atoms with Gasteiger partial charge in [-0.2, -0.15) is 0 Å². The molecule has 31 heavy (non-hydrogen) atoms. The minimum atomic E-state index is -0.289. The first-order valence-electron chi connectivity index (χ1n) is 10.3. The van der Waals surface area contributed by atoms with Crippen molar-refractivity contribution >= 4 is 35.8 Å². The minimum Gasteiger partial charge on any atom is -0.497 e. The van der Waals surface area contributed by atoms with Crippen molar-refractivity contribution < 1.29 is 13.9 Å². The normalized spacial score (nSPS) is 17.0. The van der Waals surface area contributed by atoms with Crippen molar-refractivity contribution in [1.82, 2.24) is 15.6 Å². The van der Waals surface area contributed by atoms with Crippen LogP contribution in [0.1, 0.15) is 20.3 Å². The van der Waals surface area contributed by atoms with Crippen molar-refractivity contribution in [2.45, 2.75) is 32.4 Å². The topological polar surface area (TPSA) is 71.0 Å². The van der Waals surface area contributed by atoms with Gasteiger partial charge in [0.2, 0.25) is 0 Å². The van der Waals surface area contributed by atoms with Crippen LogP contribution in [0.3, 0.4) is 0 Å². The molecule has 0 spiro atoms. The zero-order valence-electron chi connectivity index (χ0n) is 18.2. The lowest BCUT2D eigenvalue weighted by atomic mass is 10.3. The summed E-state index contributed by atoms with van der Waals surface area (Å²) in [5.41, 5.74) is 0. The summed E-state index contributed by atoms with van der Waals surface area (Å²) in [4.78, 5) is 10.8. The third-order valence-corrected chi connectivity index (χ3v) is 4.82. The summed E-state index contributed by atoms with van der Waals surface area (Å²) in [7, 11) is 1.64. The zero-order valence-corrected chi connectivity index (χ0v) is 20.5. The highest BCUT2D eigenvalue weighted by Gasteiger charge is 2.26. The Morgan fingerprint density at radius 2 is 2.03 bits per heavy atom. The smallest absolute Gasteiger partial charge is 0.191 e. The average molecular weight is 543 g/mol. The van der Waals surface area contributed by atoms with Crippen LogP contribution < -0.4 is 25.0 Å². The highest BCUT2D eigenvalue weighted by Crippen LogP contribution is 2.21. The Balaban J connectivity index is 0.00000341. The Morgan fingerprint density at radius 1 is 1.29 bits per heavy atom. The van der Waals surface area contributed by atoms with Gasteiger partial charge in [0.1, 0.15) is 17.6 Å². The lowest BCUT2D eigenvalue weighted by Gasteiger charge is -2.20. The molecular formula is C22H31FIN5O2. The van der Waals surface area contributed by atoms with Gasteiger partial charge in [0.25, 0.3) is 0 Å². The van der Waals surface area contributed by atoms with Crippen molar-refractivity contribution in [2.24, 2.45) is 4.99 Å². The quantitative estimate of drug-likeness (QED) is 0.302. The Morgan fingerprint density at radius 3 is 2.71 bits per heavy atom. The minimum absolute atomic E-state index is 0. The van der Waals surface area contributed by atoms with E-state index in [1.165, 1.54) is 6.07 Å². The maximum atomic E-state index is 14.0. The predicted octanol–water partition coefficient (Wildman–Crippen LogP) is 3.45. The number of pyridine rings is 1. The van der Waals surface area contributed by atoms with Gasteiger partial charge in [-0.3, -0.25) is 0 Å². The molecule has 1 aromatic carbocycles. The van der Waals surface area contributed by atoms with E-state index in [1.807, 2.05) is 43.0 Å².